The number of hydrogen-bond donors (Lipinski definition) is 0. The highest BCUT2D eigenvalue weighted by Gasteiger charge is 2.23. The Morgan fingerprint density at radius 2 is 1.55 bits per heavy atom. The molecule has 1 heteroatoms. The normalized spacial score (nSPS) is 14.2. The second-order valence-corrected chi connectivity index (χ2v) is 7.71. The highest BCUT2D eigenvalue weighted by Crippen LogP contribution is 2.30. The number of carbonyl (C=O) groups is 1. The van der Waals surface area contributed by atoms with Crippen molar-refractivity contribution >= 4 is 5.78 Å². The molecule has 1 unspecified atom stereocenters. The molecule has 0 bridgehead atoms. The van der Waals surface area contributed by atoms with E-state index in [-0.39, 0.29) is 16.6 Å². The van der Waals surface area contributed by atoms with Crippen molar-refractivity contribution in [2.24, 2.45) is 11.3 Å². The average molecular weight is 274 g/mol. The van der Waals surface area contributed by atoms with E-state index < -0.39 is 0 Å². The van der Waals surface area contributed by atoms with Crippen LogP contribution in [0.15, 0.2) is 24.3 Å². The van der Waals surface area contributed by atoms with Crippen molar-refractivity contribution < 1.29 is 4.79 Å². The summed E-state index contributed by atoms with van der Waals surface area (Å²) >= 11 is 0. The summed E-state index contributed by atoms with van der Waals surface area (Å²) in [4.78, 5) is 12.3. The van der Waals surface area contributed by atoms with E-state index in [4.69, 9.17) is 0 Å². The molecule has 0 N–H and O–H groups in total. The van der Waals surface area contributed by atoms with Gasteiger partial charge in [-0.3, -0.25) is 4.79 Å². The van der Waals surface area contributed by atoms with E-state index in [1.54, 1.807) is 0 Å². The molecule has 1 aromatic rings. The van der Waals surface area contributed by atoms with E-state index in [1.807, 2.05) is 12.1 Å². The summed E-state index contributed by atoms with van der Waals surface area (Å²) in [6.07, 6.45) is 1.72. The minimum atomic E-state index is 0.180. The summed E-state index contributed by atoms with van der Waals surface area (Å²) in [5.41, 5.74) is 2.51. The molecule has 1 atom stereocenters. The molecule has 0 aliphatic rings. The number of benzene rings is 1. The second-order valence-electron chi connectivity index (χ2n) is 7.71. The van der Waals surface area contributed by atoms with Crippen LogP contribution in [0, 0.1) is 11.3 Å². The summed E-state index contributed by atoms with van der Waals surface area (Å²) in [7, 11) is 0. The van der Waals surface area contributed by atoms with E-state index in [2.05, 4.69) is 60.6 Å². The fourth-order valence-electron chi connectivity index (χ4n) is 2.01. The van der Waals surface area contributed by atoms with Crippen molar-refractivity contribution in [1.82, 2.24) is 0 Å². The summed E-state index contributed by atoms with van der Waals surface area (Å²) < 4.78 is 0. The Balaban J connectivity index is 2.82. The van der Waals surface area contributed by atoms with E-state index in [0.717, 1.165) is 12.0 Å². The smallest absolute Gasteiger partial charge is 0.163 e. The van der Waals surface area contributed by atoms with Gasteiger partial charge in [0.15, 0.2) is 5.78 Å². The molecule has 0 aliphatic carbocycles. The predicted octanol–water partition coefficient (Wildman–Crippen LogP) is 5.63. The first-order chi connectivity index (χ1) is 9.08. The van der Waals surface area contributed by atoms with Gasteiger partial charge in [0.2, 0.25) is 0 Å². The third-order valence-corrected chi connectivity index (χ3v) is 4.84. The summed E-state index contributed by atoms with van der Waals surface area (Å²) in [6.45, 7) is 15.4. The van der Waals surface area contributed by atoms with Gasteiger partial charge in [0, 0.05) is 12.0 Å². The monoisotopic (exact) mass is 274 g/mol. The Kier molecular flexibility index (Phi) is 5.18. The van der Waals surface area contributed by atoms with Crippen LogP contribution in [-0.2, 0) is 5.41 Å². The molecular weight excluding hydrogens is 244 g/mol. The van der Waals surface area contributed by atoms with Crippen LogP contribution in [0.25, 0.3) is 0 Å². The van der Waals surface area contributed by atoms with Gasteiger partial charge in [-0.05, 0) is 28.7 Å². The SMILES string of the molecule is CCC(C)(C)c1ccc(C(=O)CC(C)C(C)(C)C)cc1. The van der Waals surface area contributed by atoms with Crippen molar-refractivity contribution in [3.05, 3.63) is 35.4 Å². The third kappa shape index (κ3) is 4.19. The zero-order valence-electron chi connectivity index (χ0n) is 14.2. The molecule has 1 rings (SSSR count). The fraction of sp³-hybridized carbons (Fsp3) is 0.632. The van der Waals surface area contributed by atoms with Crippen LogP contribution in [0.4, 0.5) is 0 Å². The van der Waals surface area contributed by atoms with Crippen molar-refractivity contribution in [2.45, 2.75) is 66.7 Å². The van der Waals surface area contributed by atoms with Gasteiger partial charge in [0.25, 0.3) is 0 Å². The molecule has 0 spiro atoms. The standard InChI is InChI=1S/C19H30O/c1-8-19(6,7)16-11-9-15(10-12-16)17(20)13-14(2)18(3,4)5/h9-12,14H,8,13H2,1-7H3. The van der Waals surface area contributed by atoms with Crippen LogP contribution in [0.1, 0.15) is 77.2 Å². The van der Waals surface area contributed by atoms with Gasteiger partial charge in [0.1, 0.15) is 0 Å². The molecule has 0 heterocycles. The molecule has 1 aromatic carbocycles. The lowest BCUT2D eigenvalue weighted by molar-refractivity contribution is 0.0927. The molecule has 20 heavy (non-hydrogen) atoms. The minimum Gasteiger partial charge on any atom is -0.294 e. The highest BCUT2D eigenvalue weighted by molar-refractivity contribution is 5.96. The Labute approximate surface area is 124 Å². The van der Waals surface area contributed by atoms with Gasteiger partial charge in [-0.25, -0.2) is 0 Å². The lowest BCUT2D eigenvalue weighted by Gasteiger charge is -2.27. The van der Waals surface area contributed by atoms with Gasteiger partial charge in [-0.2, -0.15) is 0 Å². The first kappa shape index (κ1) is 16.9. The van der Waals surface area contributed by atoms with E-state index in [1.165, 1.54) is 5.56 Å². The number of rotatable bonds is 5. The van der Waals surface area contributed by atoms with E-state index in [0.29, 0.717) is 12.3 Å². The molecule has 112 valence electrons. The van der Waals surface area contributed by atoms with Crippen LogP contribution in [0.2, 0.25) is 0 Å². The Morgan fingerprint density at radius 3 is 1.95 bits per heavy atom. The van der Waals surface area contributed by atoms with Crippen LogP contribution in [-0.4, -0.2) is 5.78 Å². The van der Waals surface area contributed by atoms with Gasteiger partial charge in [-0.1, -0.05) is 72.7 Å². The molecule has 1 nitrogen and oxygen atoms in total. The van der Waals surface area contributed by atoms with Crippen molar-refractivity contribution in [1.29, 1.82) is 0 Å². The summed E-state index contributed by atoms with van der Waals surface area (Å²) in [5.74, 6) is 0.648. The van der Waals surface area contributed by atoms with Gasteiger partial charge in [0.05, 0.1) is 0 Å². The Hall–Kier alpha value is -1.11. The quantitative estimate of drug-likeness (QED) is 0.636. The number of Topliss-reactive ketones (excluding diaryl/α,β-unsaturated/α-hetero) is 1. The number of hydrogen-bond acceptors (Lipinski definition) is 1. The number of carbonyl (C=O) groups excluding carboxylic acids is 1. The maximum atomic E-state index is 12.3. The molecule has 0 fully saturated rings. The Bertz CT molecular complexity index is 446. The zero-order chi connectivity index (χ0) is 15.6. The first-order valence-corrected chi connectivity index (χ1v) is 7.71. The van der Waals surface area contributed by atoms with Crippen molar-refractivity contribution in [3.8, 4) is 0 Å². The lowest BCUT2D eigenvalue weighted by atomic mass is 9.78. The maximum Gasteiger partial charge on any atom is 0.163 e. The number of ketones is 1. The van der Waals surface area contributed by atoms with Gasteiger partial charge in [-0.15, -0.1) is 0 Å². The zero-order valence-corrected chi connectivity index (χ0v) is 14.2. The van der Waals surface area contributed by atoms with Crippen LogP contribution < -0.4 is 0 Å². The molecule has 0 aromatic heterocycles. The molecule has 0 radical (unpaired) electrons. The van der Waals surface area contributed by atoms with Crippen molar-refractivity contribution in [3.63, 3.8) is 0 Å². The molecule has 0 aliphatic heterocycles. The van der Waals surface area contributed by atoms with Crippen molar-refractivity contribution in [2.75, 3.05) is 0 Å². The second kappa shape index (κ2) is 6.11. The fourth-order valence-corrected chi connectivity index (χ4v) is 2.01. The third-order valence-electron chi connectivity index (χ3n) is 4.84. The van der Waals surface area contributed by atoms with Gasteiger partial charge >= 0.3 is 0 Å². The van der Waals surface area contributed by atoms with Crippen LogP contribution >= 0.6 is 0 Å². The molecule has 0 amide bonds. The topological polar surface area (TPSA) is 17.1 Å². The molecule has 0 saturated carbocycles. The maximum absolute atomic E-state index is 12.3. The molecule has 0 saturated heterocycles. The predicted molar refractivity (Wildman–Crippen MR) is 87.3 cm³/mol. The average Bonchev–Trinajstić information content (AvgIpc) is 2.37. The van der Waals surface area contributed by atoms with E-state index >= 15 is 0 Å². The van der Waals surface area contributed by atoms with Crippen LogP contribution in [0.5, 0.6) is 0 Å². The largest absolute Gasteiger partial charge is 0.294 e. The highest BCUT2D eigenvalue weighted by atomic mass is 16.1. The minimum absolute atomic E-state index is 0.180. The Morgan fingerprint density at radius 1 is 1.05 bits per heavy atom. The molecular formula is C19H30O. The summed E-state index contributed by atoms with van der Waals surface area (Å²) in [6, 6.07) is 8.20. The van der Waals surface area contributed by atoms with Gasteiger partial charge < -0.3 is 0 Å². The summed E-state index contributed by atoms with van der Waals surface area (Å²) in [5, 5.41) is 0. The first-order valence-electron chi connectivity index (χ1n) is 7.71. The van der Waals surface area contributed by atoms with Crippen LogP contribution in [0.3, 0.4) is 0 Å². The lowest BCUT2D eigenvalue weighted by Crippen LogP contribution is -2.20. The van der Waals surface area contributed by atoms with E-state index in [9.17, 15) is 4.79 Å².